The van der Waals surface area contributed by atoms with Gasteiger partial charge in [-0.05, 0) is 6.07 Å². The minimum atomic E-state index is -5.08. The molecule has 2 rings (SSSR count). The number of rotatable bonds is 3. The fraction of sp³-hybridized carbons (Fsp3) is 0.333. The normalized spacial score (nSPS) is 16.3. The molecule has 0 fully saturated rings. The maximum Gasteiger partial charge on any atom is 0.490 e. The van der Waals surface area contributed by atoms with Gasteiger partial charge in [-0.25, -0.2) is 9.18 Å². The third-order valence-corrected chi connectivity index (χ3v) is 3.03. The highest BCUT2D eigenvalue weighted by Crippen LogP contribution is 2.13. The lowest BCUT2D eigenvalue weighted by Crippen LogP contribution is -2.41. The van der Waals surface area contributed by atoms with Gasteiger partial charge in [0.1, 0.15) is 11.9 Å². The molecule has 0 radical (unpaired) electrons. The van der Waals surface area contributed by atoms with Gasteiger partial charge in [0, 0.05) is 25.7 Å². The first-order valence-electron chi connectivity index (χ1n) is 6.81. The van der Waals surface area contributed by atoms with Crippen molar-refractivity contribution in [3.63, 3.8) is 0 Å². The van der Waals surface area contributed by atoms with Gasteiger partial charge in [0.05, 0.1) is 0 Å². The maximum absolute atomic E-state index is 13.4. The van der Waals surface area contributed by atoms with Gasteiger partial charge >= 0.3 is 12.1 Å². The molecule has 132 valence electrons. The van der Waals surface area contributed by atoms with E-state index in [-0.39, 0.29) is 24.3 Å². The van der Waals surface area contributed by atoms with Gasteiger partial charge in [0.15, 0.2) is 0 Å². The van der Waals surface area contributed by atoms with E-state index in [0.717, 1.165) is 0 Å². The van der Waals surface area contributed by atoms with Crippen LogP contribution in [0.25, 0.3) is 0 Å². The van der Waals surface area contributed by atoms with Crippen molar-refractivity contribution < 1.29 is 32.3 Å². The first-order valence-corrected chi connectivity index (χ1v) is 6.81. The standard InChI is InChI=1S/C13H15FN2O.C2HF3O2/c1-16(13(17)12-7-4-8-15-12)9-10-5-2-3-6-11(10)14;3-2(4,5)1(6)7/h2-7,12,15H,8-9H2,1H3;(H,6,7). The van der Waals surface area contributed by atoms with Crippen molar-refractivity contribution >= 4 is 11.9 Å². The second-order valence-electron chi connectivity index (χ2n) is 4.90. The Kier molecular flexibility index (Phi) is 6.90. The van der Waals surface area contributed by atoms with Crippen LogP contribution in [0, 0.1) is 5.82 Å². The van der Waals surface area contributed by atoms with Gasteiger partial charge in [0.25, 0.3) is 0 Å². The highest BCUT2D eigenvalue weighted by Gasteiger charge is 2.38. The number of alkyl halides is 3. The van der Waals surface area contributed by atoms with E-state index < -0.39 is 12.1 Å². The molecular formula is C15H16F4N2O3. The van der Waals surface area contributed by atoms with Crippen molar-refractivity contribution in [2.75, 3.05) is 13.6 Å². The molecule has 1 atom stereocenters. The first kappa shape index (κ1) is 19.6. The predicted molar refractivity (Wildman–Crippen MR) is 77.5 cm³/mol. The van der Waals surface area contributed by atoms with Crippen LogP contribution in [0.5, 0.6) is 0 Å². The number of halogens is 4. The highest BCUT2D eigenvalue weighted by atomic mass is 19.4. The SMILES string of the molecule is CN(Cc1ccccc1F)C(=O)C1C=CCN1.O=C(O)C(F)(F)F. The number of carboxylic acids is 1. The summed E-state index contributed by atoms with van der Waals surface area (Å²) in [7, 11) is 1.68. The van der Waals surface area contributed by atoms with Gasteiger partial charge in [-0.1, -0.05) is 30.4 Å². The van der Waals surface area contributed by atoms with E-state index >= 15 is 0 Å². The lowest BCUT2D eigenvalue weighted by Gasteiger charge is -2.20. The third-order valence-electron chi connectivity index (χ3n) is 3.03. The Balaban J connectivity index is 0.000000351. The molecule has 24 heavy (non-hydrogen) atoms. The maximum atomic E-state index is 13.4. The van der Waals surface area contributed by atoms with Gasteiger partial charge < -0.3 is 10.0 Å². The average Bonchev–Trinajstić information content (AvgIpc) is 3.02. The van der Waals surface area contributed by atoms with E-state index in [0.29, 0.717) is 12.1 Å². The van der Waals surface area contributed by atoms with Crippen LogP contribution in [0.4, 0.5) is 17.6 Å². The molecule has 0 spiro atoms. The molecule has 0 saturated carbocycles. The molecule has 1 aromatic rings. The number of carbonyl (C=O) groups is 2. The zero-order valence-corrected chi connectivity index (χ0v) is 12.7. The molecule has 1 aromatic carbocycles. The van der Waals surface area contributed by atoms with Crippen LogP contribution in [0.15, 0.2) is 36.4 Å². The number of carbonyl (C=O) groups excluding carboxylic acids is 1. The van der Waals surface area contributed by atoms with Crippen LogP contribution < -0.4 is 5.32 Å². The number of likely N-dealkylation sites (N-methyl/N-ethyl adjacent to an activating group) is 1. The zero-order valence-electron chi connectivity index (χ0n) is 12.7. The first-order chi connectivity index (χ1) is 11.1. The summed E-state index contributed by atoms with van der Waals surface area (Å²) in [4.78, 5) is 22.4. The largest absolute Gasteiger partial charge is 0.490 e. The average molecular weight is 348 g/mol. The van der Waals surface area contributed by atoms with E-state index in [9.17, 15) is 22.4 Å². The molecule has 0 aliphatic carbocycles. The Hall–Kier alpha value is -2.42. The van der Waals surface area contributed by atoms with Gasteiger partial charge in [-0.3, -0.25) is 10.1 Å². The van der Waals surface area contributed by atoms with E-state index in [4.69, 9.17) is 9.90 Å². The van der Waals surface area contributed by atoms with Gasteiger partial charge in [-0.2, -0.15) is 13.2 Å². The van der Waals surface area contributed by atoms with Crippen LogP contribution in [0.1, 0.15) is 5.56 Å². The van der Waals surface area contributed by atoms with Crippen LogP contribution in [-0.4, -0.2) is 47.7 Å². The molecule has 5 nitrogen and oxygen atoms in total. The minimum Gasteiger partial charge on any atom is -0.475 e. The van der Waals surface area contributed by atoms with Crippen molar-refractivity contribution in [2.45, 2.75) is 18.8 Å². The van der Waals surface area contributed by atoms with Crippen molar-refractivity contribution in [1.82, 2.24) is 10.2 Å². The van der Waals surface area contributed by atoms with E-state index in [1.807, 2.05) is 12.2 Å². The second kappa shape index (κ2) is 8.44. The Morgan fingerprint density at radius 2 is 1.92 bits per heavy atom. The zero-order chi connectivity index (χ0) is 18.3. The van der Waals surface area contributed by atoms with Crippen LogP contribution in [0.2, 0.25) is 0 Å². The summed E-state index contributed by atoms with van der Waals surface area (Å²) in [6.45, 7) is 1.00. The summed E-state index contributed by atoms with van der Waals surface area (Å²) in [5.41, 5.74) is 0.533. The summed E-state index contributed by atoms with van der Waals surface area (Å²) in [5.74, 6) is -3.07. The summed E-state index contributed by atoms with van der Waals surface area (Å²) in [6.07, 6.45) is -1.33. The monoisotopic (exact) mass is 348 g/mol. The number of hydrogen-bond acceptors (Lipinski definition) is 3. The van der Waals surface area contributed by atoms with Crippen molar-refractivity contribution in [3.8, 4) is 0 Å². The smallest absolute Gasteiger partial charge is 0.475 e. The molecule has 0 aromatic heterocycles. The Labute approximate surface area is 135 Å². The molecule has 1 amide bonds. The van der Waals surface area contributed by atoms with Gasteiger partial charge in [0.2, 0.25) is 5.91 Å². The quantitative estimate of drug-likeness (QED) is 0.647. The van der Waals surface area contributed by atoms with Crippen molar-refractivity contribution in [3.05, 3.63) is 47.8 Å². The fourth-order valence-electron chi connectivity index (χ4n) is 1.83. The number of carboxylic acid groups (broad SMARTS) is 1. The molecule has 0 saturated heterocycles. The summed E-state index contributed by atoms with van der Waals surface area (Å²) in [6, 6.07) is 6.23. The molecule has 0 bridgehead atoms. The van der Waals surface area contributed by atoms with Crippen LogP contribution >= 0.6 is 0 Å². The van der Waals surface area contributed by atoms with Gasteiger partial charge in [-0.15, -0.1) is 0 Å². The van der Waals surface area contributed by atoms with E-state index in [1.54, 1.807) is 25.2 Å². The fourth-order valence-corrected chi connectivity index (χ4v) is 1.83. The number of nitrogens with zero attached hydrogens (tertiary/aromatic N) is 1. The summed E-state index contributed by atoms with van der Waals surface area (Å²) < 4.78 is 45.2. The minimum absolute atomic E-state index is 0.0398. The molecular weight excluding hydrogens is 332 g/mol. The molecule has 1 aliphatic heterocycles. The predicted octanol–water partition coefficient (Wildman–Crippen LogP) is 1.95. The Morgan fingerprint density at radius 3 is 2.38 bits per heavy atom. The molecule has 1 unspecified atom stereocenters. The number of benzene rings is 1. The van der Waals surface area contributed by atoms with Crippen molar-refractivity contribution in [2.24, 2.45) is 0 Å². The third kappa shape index (κ3) is 5.99. The van der Waals surface area contributed by atoms with E-state index in [1.165, 1.54) is 11.0 Å². The lowest BCUT2D eigenvalue weighted by molar-refractivity contribution is -0.192. The molecule has 1 aliphatic rings. The highest BCUT2D eigenvalue weighted by molar-refractivity contribution is 5.84. The number of amides is 1. The Bertz CT molecular complexity index is 617. The van der Waals surface area contributed by atoms with Crippen LogP contribution in [0.3, 0.4) is 0 Å². The topological polar surface area (TPSA) is 69.6 Å². The second-order valence-corrected chi connectivity index (χ2v) is 4.90. The van der Waals surface area contributed by atoms with Crippen molar-refractivity contribution in [1.29, 1.82) is 0 Å². The Morgan fingerprint density at radius 1 is 1.33 bits per heavy atom. The summed E-state index contributed by atoms with van der Waals surface area (Å²) >= 11 is 0. The number of hydrogen-bond donors (Lipinski definition) is 2. The molecule has 1 heterocycles. The molecule has 2 N–H and O–H groups in total. The number of nitrogens with one attached hydrogen (secondary N) is 1. The number of aliphatic carboxylic acids is 1. The summed E-state index contributed by atoms with van der Waals surface area (Å²) in [5, 5.41) is 10.2. The van der Waals surface area contributed by atoms with E-state index in [2.05, 4.69) is 5.32 Å². The molecule has 9 heteroatoms. The van der Waals surface area contributed by atoms with Crippen LogP contribution in [-0.2, 0) is 16.1 Å². The lowest BCUT2D eigenvalue weighted by atomic mass is 10.2.